The van der Waals surface area contributed by atoms with Crippen LogP contribution in [0.1, 0.15) is 5.56 Å². The van der Waals surface area contributed by atoms with E-state index < -0.39 is 0 Å². The molecule has 1 aliphatic heterocycles. The van der Waals surface area contributed by atoms with Crippen molar-refractivity contribution in [3.8, 4) is 39.3 Å². The van der Waals surface area contributed by atoms with Crippen LogP contribution in [0, 0.1) is 6.92 Å². The highest BCUT2D eigenvalue weighted by atomic mass is 16.5. The number of hydrogen-bond acceptors (Lipinski definition) is 6. The third kappa shape index (κ3) is 5.03. The van der Waals surface area contributed by atoms with Gasteiger partial charge >= 0.3 is 0 Å². The van der Waals surface area contributed by atoms with Crippen LogP contribution in [-0.2, 0) is 11.8 Å². The molecule has 6 rings (SSSR count). The van der Waals surface area contributed by atoms with Gasteiger partial charge < -0.3 is 24.8 Å². The first-order valence-corrected chi connectivity index (χ1v) is 14.0. The fourth-order valence-corrected chi connectivity index (χ4v) is 5.61. The summed E-state index contributed by atoms with van der Waals surface area (Å²) in [6, 6.07) is 14.8. The second-order valence-corrected chi connectivity index (χ2v) is 10.8. The normalized spacial score (nSPS) is 13.9. The number of anilines is 2. The lowest BCUT2D eigenvalue weighted by atomic mass is 9.95. The minimum Gasteiger partial charge on any atom is -0.495 e. The van der Waals surface area contributed by atoms with Crippen molar-refractivity contribution in [3.63, 3.8) is 0 Å². The number of carbonyl (C=O) groups is 1. The third-order valence-corrected chi connectivity index (χ3v) is 7.99. The van der Waals surface area contributed by atoms with Crippen molar-refractivity contribution in [2.75, 3.05) is 50.6 Å². The van der Waals surface area contributed by atoms with Gasteiger partial charge in [0, 0.05) is 73.7 Å². The Morgan fingerprint density at radius 3 is 2.43 bits per heavy atom. The van der Waals surface area contributed by atoms with Crippen molar-refractivity contribution in [2.24, 2.45) is 7.05 Å². The van der Waals surface area contributed by atoms with Crippen molar-refractivity contribution in [1.82, 2.24) is 24.6 Å². The number of piperazine rings is 1. The number of benzene rings is 2. The number of carbonyl (C=O) groups excluding carboxylic acids is 1. The molecule has 0 bridgehead atoms. The van der Waals surface area contributed by atoms with Crippen molar-refractivity contribution in [1.29, 1.82) is 0 Å². The maximum atomic E-state index is 12.2. The zero-order valence-electron chi connectivity index (χ0n) is 24.4. The summed E-state index contributed by atoms with van der Waals surface area (Å²) in [5.41, 5.74) is 9.19. The highest BCUT2D eigenvalue weighted by Crippen LogP contribution is 2.46. The van der Waals surface area contributed by atoms with Crippen LogP contribution in [0.5, 0.6) is 5.75 Å². The van der Waals surface area contributed by atoms with Crippen LogP contribution in [0.4, 0.5) is 11.4 Å². The van der Waals surface area contributed by atoms with E-state index in [1.807, 2.05) is 44.7 Å². The molecule has 42 heavy (non-hydrogen) atoms. The van der Waals surface area contributed by atoms with Crippen LogP contribution in [0.15, 0.2) is 73.7 Å². The number of fused-ring (bicyclic) bond motifs is 1. The Kier molecular flexibility index (Phi) is 7.26. The molecule has 1 saturated heterocycles. The van der Waals surface area contributed by atoms with Crippen LogP contribution >= 0.6 is 0 Å². The number of aromatic amines is 1. The fourth-order valence-electron chi connectivity index (χ4n) is 5.61. The first kappa shape index (κ1) is 27.3. The van der Waals surface area contributed by atoms with Gasteiger partial charge in [-0.1, -0.05) is 30.8 Å². The standard InChI is InChI=1S/C33H35N7O2/c1-6-28(41)36-27-17-23(8-7-21(27)2)29-30-32(42-5)26(24-18-35-39(4)20-24)19-34-33(30)37-31(29)22-9-11-25(12-10-22)40-15-13-38(3)14-16-40/h6-12,17-20H,1,13-16H2,2-5H3,(H,34,37)(H,36,41). The molecule has 1 fully saturated rings. The summed E-state index contributed by atoms with van der Waals surface area (Å²) in [7, 11) is 5.74. The van der Waals surface area contributed by atoms with Crippen LogP contribution in [0.25, 0.3) is 44.5 Å². The smallest absolute Gasteiger partial charge is 0.247 e. The van der Waals surface area contributed by atoms with Gasteiger partial charge in [-0.2, -0.15) is 5.10 Å². The topological polar surface area (TPSA) is 91.3 Å². The van der Waals surface area contributed by atoms with E-state index in [1.54, 1.807) is 11.8 Å². The zero-order chi connectivity index (χ0) is 29.4. The average Bonchev–Trinajstić information content (AvgIpc) is 3.62. The Hall–Kier alpha value is -4.89. The van der Waals surface area contributed by atoms with Crippen LogP contribution in [0.3, 0.4) is 0 Å². The molecule has 2 N–H and O–H groups in total. The lowest BCUT2D eigenvalue weighted by Crippen LogP contribution is -2.44. The Labute approximate surface area is 245 Å². The van der Waals surface area contributed by atoms with Gasteiger partial charge in [-0.3, -0.25) is 9.48 Å². The van der Waals surface area contributed by atoms with E-state index in [1.165, 1.54) is 11.8 Å². The molecule has 0 spiro atoms. The number of aryl methyl sites for hydroxylation is 2. The molecule has 0 aliphatic carbocycles. The average molecular weight is 562 g/mol. The van der Waals surface area contributed by atoms with E-state index in [4.69, 9.17) is 9.72 Å². The second-order valence-electron chi connectivity index (χ2n) is 10.8. The monoisotopic (exact) mass is 561 g/mol. The van der Waals surface area contributed by atoms with Gasteiger partial charge in [-0.25, -0.2) is 4.98 Å². The Bertz CT molecular complexity index is 1780. The summed E-state index contributed by atoms with van der Waals surface area (Å²) in [5, 5.41) is 8.17. The number of rotatable bonds is 7. The number of methoxy groups -OCH3 is 1. The SMILES string of the molecule is C=CC(=O)Nc1cc(-c2c(-c3ccc(N4CCN(C)CC4)cc3)[nH]c3ncc(-c4cnn(C)c4)c(OC)c23)ccc1C. The number of aromatic nitrogens is 4. The second kappa shape index (κ2) is 11.2. The maximum absolute atomic E-state index is 12.2. The van der Waals surface area contributed by atoms with E-state index in [-0.39, 0.29) is 5.91 Å². The molecule has 9 heteroatoms. The molecule has 1 amide bonds. The lowest BCUT2D eigenvalue weighted by Gasteiger charge is -2.34. The van der Waals surface area contributed by atoms with Crippen molar-refractivity contribution in [2.45, 2.75) is 6.92 Å². The molecule has 5 aromatic rings. The first-order chi connectivity index (χ1) is 20.4. The zero-order valence-corrected chi connectivity index (χ0v) is 24.4. The number of nitrogens with one attached hydrogen (secondary N) is 2. The minimum atomic E-state index is -0.257. The largest absolute Gasteiger partial charge is 0.495 e. The molecule has 4 heterocycles. The molecule has 1 aliphatic rings. The summed E-state index contributed by atoms with van der Waals surface area (Å²) in [5.74, 6) is 0.448. The number of hydrogen-bond donors (Lipinski definition) is 2. The molecule has 9 nitrogen and oxygen atoms in total. The van der Waals surface area contributed by atoms with Gasteiger partial charge in [-0.15, -0.1) is 0 Å². The third-order valence-electron chi connectivity index (χ3n) is 7.99. The maximum Gasteiger partial charge on any atom is 0.247 e. The van der Waals surface area contributed by atoms with E-state index in [0.29, 0.717) is 11.4 Å². The highest BCUT2D eigenvalue weighted by molar-refractivity contribution is 6.09. The molecule has 2 aromatic carbocycles. The Morgan fingerprint density at radius 2 is 1.76 bits per heavy atom. The summed E-state index contributed by atoms with van der Waals surface area (Å²) in [6.45, 7) is 9.70. The predicted molar refractivity (Wildman–Crippen MR) is 169 cm³/mol. The number of likely N-dealkylation sites (N-methyl/N-ethyl adjacent to an activating group) is 1. The fraction of sp³-hybridized carbons (Fsp3) is 0.242. The van der Waals surface area contributed by atoms with E-state index >= 15 is 0 Å². The molecular weight excluding hydrogens is 526 g/mol. The molecule has 214 valence electrons. The number of ether oxygens (including phenoxy) is 1. The Balaban J connectivity index is 1.54. The van der Waals surface area contributed by atoms with Crippen LogP contribution in [0.2, 0.25) is 0 Å². The van der Waals surface area contributed by atoms with E-state index in [2.05, 4.69) is 69.2 Å². The number of pyridine rings is 1. The molecule has 0 radical (unpaired) electrons. The summed E-state index contributed by atoms with van der Waals surface area (Å²) in [4.78, 5) is 25.5. The van der Waals surface area contributed by atoms with E-state index in [9.17, 15) is 4.79 Å². The number of H-pyrrole nitrogens is 1. The summed E-state index contributed by atoms with van der Waals surface area (Å²) < 4.78 is 7.85. The van der Waals surface area contributed by atoms with Crippen molar-refractivity contribution in [3.05, 3.63) is 79.3 Å². The van der Waals surface area contributed by atoms with E-state index in [0.717, 1.165) is 76.3 Å². The van der Waals surface area contributed by atoms with Gasteiger partial charge in [0.05, 0.1) is 24.4 Å². The molecule has 0 saturated carbocycles. The van der Waals surface area contributed by atoms with Crippen molar-refractivity contribution < 1.29 is 9.53 Å². The van der Waals surface area contributed by atoms with Crippen LogP contribution < -0.4 is 15.0 Å². The van der Waals surface area contributed by atoms with Gasteiger partial charge in [0.2, 0.25) is 5.91 Å². The molecule has 0 atom stereocenters. The molecular formula is C33H35N7O2. The summed E-state index contributed by atoms with van der Waals surface area (Å²) >= 11 is 0. The highest BCUT2D eigenvalue weighted by Gasteiger charge is 2.24. The lowest BCUT2D eigenvalue weighted by molar-refractivity contribution is -0.111. The molecule has 3 aromatic heterocycles. The van der Waals surface area contributed by atoms with Crippen LogP contribution in [-0.4, -0.2) is 70.9 Å². The van der Waals surface area contributed by atoms with Gasteiger partial charge in [0.1, 0.15) is 11.4 Å². The Morgan fingerprint density at radius 1 is 1.02 bits per heavy atom. The first-order valence-electron chi connectivity index (χ1n) is 14.0. The van der Waals surface area contributed by atoms with Crippen molar-refractivity contribution >= 4 is 28.3 Å². The minimum absolute atomic E-state index is 0.257. The van der Waals surface area contributed by atoms with Gasteiger partial charge in [-0.05, 0) is 54.9 Å². The number of amides is 1. The predicted octanol–water partition coefficient (Wildman–Crippen LogP) is 5.49. The number of nitrogens with zero attached hydrogens (tertiary/aromatic N) is 5. The van der Waals surface area contributed by atoms with Gasteiger partial charge in [0.25, 0.3) is 0 Å². The molecule has 0 unspecified atom stereocenters. The summed E-state index contributed by atoms with van der Waals surface area (Å²) in [6.07, 6.45) is 6.86. The van der Waals surface area contributed by atoms with Gasteiger partial charge in [0.15, 0.2) is 0 Å². The quantitative estimate of drug-likeness (QED) is 0.255.